The van der Waals surface area contributed by atoms with E-state index >= 15 is 0 Å². The highest BCUT2D eigenvalue weighted by molar-refractivity contribution is 7.98. The van der Waals surface area contributed by atoms with Gasteiger partial charge in [0.2, 0.25) is 0 Å². The van der Waals surface area contributed by atoms with Gasteiger partial charge in [-0.05, 0) is 52.8 Å². The zero-order chi connectivity index (χ0) is 19.7. The van der Waals surface area contributed by atoms with Gasteiger partial charge >= 0.3 is 0 Å². The minimum Gasteiger partial charge on any atom is -0.245 e. The minimum atomic E-state index is 0.163. The molecule has 0 bridgehead atoms. The van der Waals surface area contributed by atoms with Crippen molar-refractivity contribution in [3.63, 3.8) is 0 Å². The third-order valence-corrected chi connectivity index (χ3v) is 7.20. The number of aromatic nitrogens is 1. The molecule has 0 aliphatic heterocycles. The molecule has 0 radical (unpaired) electrons. The second kappa shape index (κ2) is 7.73. The molecule has 28 heavy (non-hydrogen) atoms. The van der Waals surface area contributed by atoms with E-state index in [0.29, 0.717) is 0 Å². The molecule has 3 aromatic rings. The number of hydrogen-bond acceptors (Lipinski definition) is 4. The Labute approximate surface area is 175 Å². The summed E-state index contributed by atoms with van der Waals surface area (Å²) in [4.78, 5) is 6.10. The van der Waals surface area contributed by atoms with Crippen LogP contribution in [0, 0.1) is 11.3 Å². The molecule has 0 saturated carbocycles. The summed E-state index contributed by atoms with van der Waals surface area (Å²) in [6.45, 7) is 6.70. The van der Waals surface area contributed by atoms with Crippen molar-refractivity contribution >= 4 is 23.1 Å². The van der Waals surface area contributed by atoms with Crippen LogP contribution in [0.25, 0.3) is 10.4 Å². The van der Waals surface area contributed by atoms with Crippen LogP contribution >= 0.6 is 23.1 Å². The van der Waals surface area contributed by atoms with Crippen molar-refractivity contribution in [2.45, 2.75) is 56.2 Å². The van der Waals surface area contributed by atoms with Crippen molar-refractivity contribution in [3.8, 4) is 16.5 Å². The molecular weight excluding hydrogens is 380 g/mol. The monoisotopic (exact) mass is 404 g/mol. The van der Waals surface area contributed by atoms with Crippen LogP contribution in [-0.2, 0) is 24.0 Å². The van der Waals surface area contributed by atoms with Crippen LogP contribution in [0.5, 0.6) is 0 Å². The second-order valence-electron chi connectivity index (χ2n) is 8.27. The smallest absolute Gasteiger partial charge is 0.115 e. The lowest BCUT2D eigenvalue weighted by atomic mass is 9.87. The highest BCUT2D eigenvalue weighted by Crippen LogP contribution is 2.40. The van der Waals surface area contributed by atoms with Gasteiger partial charge in [0.1, 0.15) is 11.1 Å². The summed E-state index contributed by atoms with van der Waals surface area (Å²) in [5.74, 6) is 0.828. The number of hydrogen-bond donors (Lipinski definition) is 0. The van der Waals surface area contributed by atoms with Crippen LogP contribution in [0.2, 0.25) is 0 Å². The molecule has 1 aliphatic rings. The summed E-state index contributed by atoms with van der Waals surface area (Å²) in [5.41, 5.74) is 7.13. The average Bonchev–Trinajstić information content (AvgIpc) is 3.36. The van der Waals surface area contributed by atoms with Gasteiger partial charge in [0.15, 0.2) is 0 Å². The second-order valence-corrected chi connectivity index (χ2v) is 10.2. The number of nitriles is 1. The molecule has 0 atom stereocenters. The predicted molar refractivity (Wildman–Crippen MR) is 119 cm³/mol. The summed E-state index contributed by atoms with van der Waals surface area (Å²) in [7, 11) is 0. The first-order chi connectivity index (χ1) is 13.5. The van der Waals surface area contributed by atoms with E-state index in [1.807, 2.05) is 0 Å². The summed E-state index contributed by atoms with van der Waals surface area (Å²) < 4.78 is 0. The molecular formula is C24H24N2S2. The molecule has 0 unspecified atom stereocenters. The fourth-order valence-corrected chi connectivity index (χ4v) is 5.48. The Kier molecular flexibility index (Phi) is 5.31. The molecule has 0 spiro atoms. The number of aryl methyl sites for hydroxylation is 1. The van der Waals surface area contributed by atoms with Crippen molar-refractivity contribution < 1.29 is 0 Å². The first-order valence-electron chi connectivity index (χ1n) is 9.69. The van der Waals surface area contributed by atoms with Gasteiger partial charge in [-0.3, -0.25) is 0 Å². The Morgan fingerprint density at radius 1 is 1.14 bits per heavy atom. The van der Waals surface area contributed by atoms with E-state index in [9.17, 15) is 5.26 Å². The Morgan fingerprint density at radius 3 is 2.57 bits per heavy atom. The van der Waals surface area contributed by atoms with Crippen LogP contribution in [0.4, 0.5) is 0 Å². The lowest BCUT2D eigenvalue weighted by Gasteiger charge is -2.19. The van der Waals surface area contributed by atoms with E-state index in [1.54, 1.807) is 23.1 Å². The van der Waals surface area contributed by atoms with Gasteiger partial charge in [-0.1, -0.05) is 51.1 Å². The Bertz CT molecular complexity index is 1020. The molecule has 0 amide bonds. The molecule has 0 N–H and O–H groups in total. The normalized spacial score (nSPS) is 13.4. The molecule has 1 aliphatic carbocycles. The van der Waals surface area contributed by atoms with Crippen molar-refractivity contribution in [2.75, 3.05) is 0 Å². The fourth-order valence-electron chi connectivity index (χ4n) is 3.71. The Morgan fingerprint density at radius 2 is 1.93 bits per heavy atom. The standard InChI is InChI=1S/C24H24N2S2/c1-24(2,3)17-11-9-16(10-12-17)15-28-23-19(14-25)22(21-8-5-13-27-21)18-6-4-7-20(18)26-23/h5,8-13H,4,6-7,15H2,1-3H3. The predicted octanol–water partition coefficient (Wildman–Crippen LogP) is 6.76. The molecule has 4 heteroatoms. The topological polar surface area (TPSA) is 36.7 Å². The minimum absolute atomic E-state index is 0.163. The maximum atomic E-state index is 9.95. The van der Waals surface area contributed by atoms with Crippen LogP contribution in [0.1, 0.15) is 55.1 Å². The van der Waals surface area contributed by atoms with E-state index in [4.69, 9.17) is 4.98 Å². The van der Waals surface area contributed by atoms with E-state index < -0.39 is 0 Å². The van der Waals surface area contributed by atoms with Gasteiger partial charge in [0.25, 0.3) is 0 Å². The van der Waals surface area contributed by atoms with Crippen molar-refractivity contribution in [1.82, 2.24) is 4.98 Å². The van der Waals surface area contributed by atoms with Crippen LogP contribution < -0.4 is 0 Å². The van der Waals surface area contributed by atoms with Gasteiger partial charge in [-0.15, -0.1) is 23.1 Å². The number of fused-ring (bicyclic) bond motifs is 1. The molecule has 0 saturated heterocycles. The lowest BCUT2D eigenvalue weighted by Crippen LogP contribution is -2.10. The van der Waals surface area contributed by atoms with E-state index in [2.05, 4.69) is 68.6 Å². The third kappa shape index (κ3) is 3.74. The first kappa shape index (κ1) is 19.2. The maximum Gasteiger partial charge on any atom is 0.115 e. The molecule has 142 valence electrons. The molecule has 1 aromatic carbocycles. The Hall–Kier alpha value is -2.09. The highest BCUT2D eigenvalue weighted by Gasteiger charge is 2.24. The first-order valence-corrected chi connectivity index (χ1v) is 11.6. The number of benzene rings is 1. The number of nitrogens with zero attached hydrogens (tertiary/aromatic N) is 2. The summed E-state index contributed by atoms with van der Waals surface area (Å²) >= 11 is 3.40. The zero-order valence-electron chi connectivity index (χ0n) is 16.6. The van der Waals surface area contributed by atoms with Crippen LogP contribution in [0.15, 0.2) is 46.8 Å². The van der Waals surface area contributed by atoms with Crippen molar-refractivity contribution in [1.29, 1.82) is 5.26 Å². The van der Waals surface area contributed by atoms with Gasteiger partial charge < -0.3 is 0 Å². The summed E-state index contributed by atoms with van der Waals surface area (Å²) in [5, 5.41) is 12.9. The average molecular weight is 405 g/mol. The SMILES string of the molecule is CC(C)(C)c1ccc(CSc2nc3c(c(-c4cccs4)c2C#N)CCC3)cc1. The summed E-state index contributed by atoms with van der Waals surface area (Å²) in [6, 6.07) is 15.5. The zero-order valence-corrected chi connectivity index (χ0v) is 18.2. The van der Waals surface area contributed by atoms with E-state index in [0.717, 1.165) is 41.2 Å². The quantitative estimate of drug-likeness (QED) is 0.451. The van der Waals surface area contributed by atoms with E-state index in [-0.39, 0.29) is 5.41 Å². The number of pyridine rings is 1. The van der Waals surface area contributed by atoms with Gasteiger partial charge in [0.05, 0.1) is 5.56 Å². The van der Waals surface area contributed by atoms with Gasteiger partial charge in [-0.2, -0.15) is 5.26 Å². The van der Waals surface area contributed by atoms with Crippen molar-refractivity contribution in [3.05, 3.63) is 69.7 Å². The lowest BCUT2D eigenvalue weighted by molar-refractivity contribution is 0.590. The number of rotatable bonds is 4. The largest absolute Gasteiger partial charge is 0.245 e. The Balaban J connectivity index is 1.65. The molecule has 2 nitrogen and oxygen atoms in total. The maximum absolute atomic E-state index is 9.95. The van der Waals surface area contributed by atoms with Gasteiger partial charge in [-0.25, -0.2) is 4.98 Å². The third-order valence-electron chi connectivity index (χ3n) is 5.27. The van der Waals surface area contributed by atoms with E-state index in [1.165, 1.54) is 27.3 Å². The number of thioether (sulfide) groups is 1. The van der Waals surface area contributed by atoms with Crippen LogP contribution in [-0.4, -0.2) is 4.98 Å². The van der Waals surface area contributed by atoms with Gasteiger partial charge in [0, 0.05) is 21.9 Å². The molecule has 0 fully saturated rings. The number of thiophene rings is 1. The molecule has 4 rings (SSSR count). The molecule has 2 aromatic heterocycles. The fraction of sp³-hybridized carbons (Fsp3) is 0.333. The summed E-state index contributed by atoms with van der Waals surface area (Å²) in [6.07, 6.45) is 3.19. The highest BCUT2D eigenvalue weighted by atomic mass is 32.2. The molecule has 2 heterocycles. The van der Waals surface area contributed by atoms with Crippen LogP contribution in [0.3, 0.4) is 0 Å². The van der Waals surface area contributed by atoms with Crippen molar-refractivity contribution in [2.24, 2.45) is 0 Å².